The molecule has 4 nitrogen and oxygen atoms in total. The molecule has 6 aromatic rings. The monoisotopic (exact) mass is 400 g/mol. The summed E-state index contributed by atoms with van der Waals surface area (Å²) in [6.45, 7) is 0. The van der Waals surface area contributed by atoms with E-state index in [0.717, 1.165) is 21.7 Å². The Morgan fingerprint density at radius 2 is 1.42 bits per heavy atom. The first kappa shape index (κ1) is 17.5. The number of para-hydroxylation sites is 2. The highest BCUT2D eigenvalue weighted by Gasteiger charge is 2.21. The van der Waals surface area contributed by atoms with E-state index in [2.05, 4.69) is 4.98 Å². The highest BCUT2D eigenvalue weighted by atomic mass is 16.3. The first-order chi connectivity index (χ1) is 15.3. The van der Waals surface area contributed by atoms with Gasteiger partial charge >= 0.3 is 0 Å². The Morgan fingerprint density at radius 1 is 0.677 bits per heavy atom. The van der Waals surface area contributed by atoms with Gasteiger partial charge in [0.1, 0.15) is 11.3 Å². The van der Waals surface area contributed by atoms with E-state index in [-0.39, 0.29) is 5.43 Å². The minimum Gasteiger partial charge on any atom is -0.453 e. The highest BCUT2D eigenvalue weighted by Crippen LogP contribution is 2.35. The molecule has 0 saturated heterocycles. The van der Waals surface area contributed by atoms with Crippen molar-refractivity contribution in [2.24, 2.45) is 0 Å². The summed E-state index contributed by atoms with van der Waals surface area (Å²) in [6, 6.07) is 28.9. The summed E-state index contributed by atoms with van der Waals surface area (Å²) in [5, 5.41) is 3.49. The highest BCUT2D eigenvalue weighted by molar-refractivity contribution is 5.98. The number of aromatic nitrogens is 2. The van der Waals surface area contributed by atoms with Crippen LogP contribution >= 0.6 is 0 Å². The lowest BCUT2D eigenvalue weighted by molar-refractivity contribution is 0.618. The molecule has 31 heavy (non-hydrogen) atoms. The van der Waals surface area contributed by atoms with Crippen LogP contribution in [0.5, 0.6) is 0 Å². The van der Waals surface area contributed by atoms with Gasteiger partial charge in [0, 0.05) is 17.0 Å². The molecule has 0 spiro atoms. The molecule has 3 aromatic heterocycles. The van der Waals surface area contributed by atoms with Crippen LogP contribution in [0.4, 0.5) is 0 Å². The largest absolute Gasteiger partial charge is 0.453 e. The van der Waals surface area contributed by atoms with Crippen LogP contribution in [-0.2, 0) is 0 Å². The molecule has 0 radical (unpaired) electrons. The summed E-state index contributed by atoms with van der Waals surface area (Å²) in [6.07, 6.45) is 1.74. The maximum atomic E-state index is 13.7. The number of benzene rings is 3. The van der Waals surface area contributed by atoms with Gasteiger partial charge in [-0.3, -0.25) is 9.78 Å². The maximum Gasteiger partial charge on any atom is 0.202 e. The molecule has 6 rings (SSSR count). The first-order valence-electron chi connectivity index (χ1n) is 10.1. The van der Waals surface area contributed by atoms with Crippen molar-refractivity contribution in [1.82, 2.24) is 9.97 Å². The van der Waals surface area contributed by atoms with Crippen molar-refractivity contribution in [2.75, 3.05) is 0 Å². The van der Waals surface area contributed by atoms with Crippen LogP contribution in [0.15, 0.2) is 106 Å². The van der Waals surface area contributed by atoms with Crippen LogP contribution in [0.1, 0.15) is 0 Å². The number of fused-ring (bicyclic) bond motifs is 3. The van der Waals surface area contributed by atoms with Crippen LogP contribution in [0.3, 0.4) is 0 Å². The van der Waals surface area contributed by atoms with Gasteiger partial charge in [0.2, 0.25) is 5.43 Å². The van der Waals surface area contributed by atoms with Crippen LogP contribution in [-0.4, -0.2) is 9.97 Å². The molecule has 3 aromatic carbocycles. The third kappa shape index (κ3) is 2.81. The van der Waals surface area contributed by atoms with E-state index in [1.807, 2.05) is 84.9 Å². The van der Waals surface area contributed by atoms with E-state index < -0.39 is 0 Å². The average molecular weight is 400 g/mol. The van der Waals surface area contributed by atoms with E-state index in [1.165, 1.54) is 0 Å². The number of nitrogens with zero attached hydrogens (tertiary/aromatic N) is 2. The molecule has 0 saturated carbocycles. The van der Waals surface area contributed by atoms with Crippen molar-refractivity contribution in [3.8, 4) is 22.7 Å². The molecule has 0 aliphatic heterocycles. The molecule has 146 valence electrons. The van der Waals surface area contributed by atoms with Gasteiger partial charge in [0.15, 0.2) is 5.76 Å². The fourth-order valence-electron chi connectivity index (χ4n) is 4.05. The molecular weight excluding hydrogens is 384 g/mol. The second kappa shape index (κ2) is 6.89. The zero-order valence-electron chi connectivity index (χ0n) is 16.4. The van der Waals surface area contributed by atoms with Crippen LogP contribution in [0.2, 0.25) is 0 Å². The van der Waals surface area contributed by atoms with E-state index in [9.17, 15) is 4.79 Å². The Kier molecular flexibility index (Phi) is 3.90. The van der Waals surface area contributed by atoms with E-state index in [0.29, 0.717) is 33.7 Å². The maximum absolute atomic E-state index is 13.7. The summed E-state index contributed by atoms with van der Waals surface area (Å²) in [5.41, 5.74) is 2.86. The van der Waals surface area contributed by atoms with Gasteiger partial charge in [-0.2, -0.15) is 0 Å². The van der Waals surface area contributed by atoms with E-state index in [4.69, 9.17) is 9.40 Å². The summed E-state index contributed by atoms with van der Waals surface area (Å²) >= 11 is 0. The molecule has 0 unspecified atom stereocenters. The van der Waals surface area contributed by atoms with Gasteiger partial charge in [0.05, 0.1) is 22.2 Å². The molecule has 0 bridgehead atoms. The topological polar surface area (TPSA) is 56.0 Å². The Bertz CT molecular complexity index is 1660. The van der Waals surface area contributed by atoms with Gasteiger partial charge in [-0.25, -0.2) is 4.98 Å². The van der Waals surface area contributed by atoms with Crippen LogP contribution in [0.25, 0.3) is 55.4 Å². The Morgan fingerprint density at radius 3 is 2.32 bits per heavy atom. The third-order valence-electron chi connectivity index (χ3n) is 5.54. The molecule has 0 atom stereocenters. The van der Waals surface area contributed by atoms with Crippen LogP contribution < -0.4 is 5.43 Å². The smallest absolute Gasteiger partial charge is 0.202 e. The van der Waals surface area contributed by atoms with Gasteiger partial charge in [-0.15, -0.1) is 0 Å². The quantitative estimate of drug-likeness (QED) is 0.346. The molecule has 0 fully saturated rings. The fourth-order valence-corrected chi connectivity index (χ4v) is 4.05. The number of hydrogen-bond donors (Lipinski definition) is 0. The third-order valence-corrected chi connectivity index (χ3v) is 5.54. The van der Waals surface area contributed by atoms with E-state index >= 15 is 0 Å². The Labute approximate surface area is 177 Å². The van der Waals surface area contributed by atoms with Crippen molar-refractivity contribution in [2.45, 2.75) is 0 Å². The Hall–Kier alpha value is -4.31. The number of pyridine rings is 2. The normalized spacial score (nSPS) is 11.4. The minimum absolute atomic E-state index is 0.116. The molecular formula is C27H16N2O2. The molecule has 0 aliphatic carbocycles. The zero-order valence-corrected chi connectivity index (χ0v) is 16.4. The van der Waals surface area contributed by atoms with Gasteiger partial charge in [-0.1, -0.05) is 60.7 Å². The van der Waals surface area contributed by atoms with Crippen molar-refractivity contribution >= 4 is 32.6 Å². The predicted octanol–water partition coefficient (Wildman–Crippen LogP) is 6.22. The molecule has 4 heteroatoms. The van der Waals surface area contributed by atoms with E-state index in [1.54, 1.807) is 12.3 Å². The predicted molar refractivity (Wildman–Crippen MR) is 124 cm³/mol. The SMILES string of the molecule is O=c1c(-c2ccc3ccccc3n2)c(-c2nccc3ccccc23)oc2ccccc12. The first-order valence-corrected chi connectivity index (χ1v) is 10.1. The summed E-state index contributed by atoms with van der Waals surface area (Å²) in [4.78, 5) is 23.1. The lowest BCUT2D eigenvalue weighted by Crippen LogP contribution is -2.09. The summed E-state index contributed by atoms with van der Waals surface area (Å²) in [5.74, 6) is 0.434. The molecule has 3 heterocycles. The minimum atomic E-state index is -0.116. The second-order valence-electron chi connectivity index (χ2n) is 7.40. The average Bonchev–Trinajstić information content (AvgIpc) is 2.83. The van der Waals surface area contributed by atoms with Crippen molar-refractivity contribution in [1.29, 1.82) is 0 Å². The van der Waals surface area contributed by atoms with Gasteiger partial charge in [-0.05, 0) is 35.7 Å². The zero-order chi connectivity index (χ0) is 20.8. The van der Waals surface area contributed by atoms with Gasteiger partial charge in [0.25, 0.3) is 0 Å². The van der Waals surface area contributed by atoms with Crippen molar-refractivity contribution < 1.29 is 4.42 Å². The number of rotatable bonds is 2. The standard InChI is InChI=1S/C27H16N2O2/c30-26-20-10-4-6-12-23(20)31-27(25-19-9-3-1-7-17(19)15-16-28-25)24(26)22-14-13-18-8-2-5-11-21(18)29-22/h1-16H. The van der Waals surface area contributed by atoms with Crippen LogP contribution in [0, 0.1) is 0 Å². The molecule has 0 N–H and O–H groups in total. The molecule has 0 aliphatic rings. The molecule has 0 amide bonds. The Balaban J connectivity index is 1.75. The van der Waals surface area contributed by atoms with Crippen molar-refractivity contribution in [3.05, 3.63) is 107 Å². The lowest BCUT2D eigenvalue weighted by Gasteiger charge is -2.12. The second-order valence-corrected chi connectivity index (χ2v) is 7.40. The fraction of sp³-hybridized carbons (Fsp3) is 0. The van der Waals surface area contributed by atoms with Gasteiger partial charge < -0.3 is 4.42 Å². The van der Waals surface area contributed by atoms with Crippen molar-refractivity contribution in [3.63, 3.8) is 0 Å². The summed E-state index contributed by atoms with van der Waals surface area (Å²) < 4.78 is 6.33. The summed E-state index contributed by atoms with van der Waals surface area (Å²) in [7, 11) is 0. The number of hydrogen-bond acceptors (Lipinski definition) is 4. The lowest BCUT2D eigenvalue weighted by atomic mass is 10.0.